The highest BCUT2D eigenvalue weighted by molar-refractivity contribution is 7.89. The van der Waals surface area contributed by atoms with Gasteiger partial charge in [-0.05, 0) is 6.92 Å². The molecule has 0 aliphatic rings. The van der Waals surface area contributed by atoms with Gasteiger partial charge in [-0.2, -0.15) is 10.1 Å². The second-order valence-corrected chi connectivity index (χ2v) is 5.53. The van der Waals surface area contributed by atoms with E-state index < -0.39 is 10.0 Å². The fraction of sp³-hybridized carbons (Fsp3) is 0.444. The molecule has 0 fully saturated rings. The Morgan fingerprint density at radius 3 is 2.95 bits per heavy atom. The Balaban J connectivity index is 2.07. The van der Waals surface area contributed by atoms with Crippen LogP contribution in [0.25, 0.3) is 0 Å². The van der Waals surface area contributed by atoms with Crippen molar-refractivity contribution in [1.82, 2.24) is 25.1 Å². The van der Waals surface area contributed by atoms with Crippen molar-refractivity contribution < 1.29 is 12.9 Å². The largest absolute Gasteiger partial charge is 0.343 e. The zero-order valence-electron chi connectivity index (χ0n) is 10.3. The third-order valence-electron chi connectivity index (χ3n) is 2.47. The van der Waals surface area contributed by atoms with E-state index in [4.69, 9.17) is 5.73 Å². The van der Waals surface area contributed by atoms with Crippen LogP contribution in [0.15, 0.2) is 15.8 Å². The molecule has 2 aromatic heterocycles. The highest BCUT2D eigenvalue weighted by atomic mass is 32.2. The smallest absolute Gasteiger partial charge is 0.244 e. The van der Waals surface area contributed by atoms with E-state index in [-0.39, 0.29) is 18.0 Å². The van der Waals surface area contributed by atoms with Crippen LogP contribution < -0.4 is 10.5 Å². The maximum atomic E-state index is 12.1. The predicted octanol–water partition coefficient (Wildman–Crippen LogP) is -0.919. The normalized spacial score (nSPS) is 11.9. The van der Waals surface area contributed by atoms with Crippen LogP contribution in [0.4, 0.5) is 0 Å². The van der Waals surface area contributed by atoms with Crippen molar-refractivity contribution in [3.8, 4) is 0 Å². The maximum absolute atomic E-state index is 12.1. The molecule has 0 saturated heterocycles. The molecule has 0 bridgehead atoms. The molecule has 2 rings (SSSR count). The summed E-state index contributed by atoms with van der Waals surface area (Å²) >= 11 is 0. The van der Waals surface area contributed by atoms with Crippen molar-refractivity contribution in [3.05, 3.63) is 23.6 Å². The van der Waals surface area contributed by atoms with E-state index in [1.54, 1.807) is 6.92 Å². The number of aromatic nitrogens is 4. The summed E-state index contributed by atoms with van der Waals surface area (Å²) in [5.74, 6) is 0.436. The molecule has 0 aliphatic heterocycles. The number of hydrogen-bond donors (Lipinski definition) is 3. The van der Waals surface area contributed by atoms with E-state index in [1.807, 2.05) is 0 Å². The first-order valence-electron chi connectivity index (χ1n) is 5.53. The molecule has 0 spiro atoms. The number of nitrogens with two attached hydrogens (primary N) is 1. The number of sulfonamides is 1. The minimum absolute atomic E-state index is 0.0470. The Morgan fingerprint density at radius 2 is 2.32 bits per heavy atom. The zero-order valence-corrected chi connectivity index (χ0v) is 11.1. The number of aryl methyl sites for hydroxylation is 1. The summed E-state index contributed by atoms with van der Waals surface area (Å²) in [7, 11) is -3.65. The molecule has 0 atom stereocenters. The van der Waals surface area contributed by atoms with Crippen LogP contribution >= 0.6 is 0 Å². The molecular formula is C9H14N6O3S. The van der Waals surface area contributed by atoms with Gasteiger partial charge in [0.05, 0.1) is 11.4 Å². The van der Waals surface area contributed by atoms with Crippen LogP contribution in [0.5, 0.6) is 0 Å². The molecule has 0 amide bonds. The lowest BCUT2D eigenvalue weighted by molar-refractivity contribution is 0.410. The van der Waals surface area contributed by atoms with Crippen molar-refractivity contribution >= 4 is 10.0 Å². The number of H-pyrrole nitrogens is 1. The van der Waals surface area contributed by atoms with Gasteiger partial charge in [0.15, 0.2) is 5.82 Å². The average Bonchev–Trinajstić information content (AvgIpc) is 2.98. The van der Waals surface area contributed by atoms with Crippen molar-refractivity contribution in [3.63, 3.8) is 0 Å². The molecular weight excluding hydrogens is 272 g/mol. The SMILES string of the molecule is Cc1[nH]nc(CN)c1S(=O)(=O)NCCc1ncon1. The minimum atomic E-state index is -3.65. The Bertz CT molecular complexity index is 633. The number of aromatic amines is 1. The molecule has 0 saturated carbocycles. The monoisotopic (exact) mass is 286 g/mol. The van der Waals surface area contributed by atoms with Gasteiger partial charge in [-0.15, -0.1) is 0 Å². The van der Waals surface area contributed by atoms with Gasteiger partial charge in [-0.1, -0.05) is 5.16 Å². The van der Waals surface area contributed by atoms with Crippen LogP contribution in [0.2, 0.25) is 0 Å². The van der Waals surface area contributed by atoms with E-state index in [1.165, 1.54) is 6.39 Å². The summed E-state index contributed by atoms with van der Waals surface area (Å²) in [5, 5.41) is 10.0. The first-order chi connectivity index (χ1) is 9.04. The van der Waals surface area contributed by atoms with Crippen LogP contribution in [0.3, 0.4) is 0 Å². The molecule has 10 heteroatoms. The molecule has 0 unspecified atom stereocenters. The lowest BCUT2D eigenvalue weighted by atomic mass is 10.4. The van der Waals surface area contributed by atoms with Crippen molar-refractivity contribution in [2.75, 3.05) is 6.54 Å². The van der Waals surface area contributed by atoms with E-state index in [0.29, 0.717) is 23.6 Å². The van der Waals surface area contributed by atoms with Crippen LogP contribution in [-0.4, -0.2) is 35.3 Å². The van der Waals surface area contributed by atoms with Gasteiger partial charge in [0.25, 0.3) is 0 Å². The Kier molecular flexibility index (Phi) is 3.93. The first-order valence-corrected chi connectivity index (χ1v) is 7.01. The summed E-state index contributed by atoms with van der Waals surface area (Å²) in [6.45, 7) is 1.84. The zero-order chi connectivity index (χ0) is 13.9. The fourth-order valence-electron chi connectivity index (χ4n) is 1.64. The van der Waals surface area contributed by atoms with Crippen molar-refractivity contribution in [2.45, 2.75) is 24.8 Å². The molecule has 9 nitrogen and oxygen atoms in total. The topological polar surface area (TPSA) is 140 Å². The van der Waals surface area contributed by atoms with Gasteiger partial charge in [0.1, 0.15) is 4.90 Å². The molecule has 0 radical (unpaired) electrons. The predicted molar refractivity (Wildman–Crippen MR) is 64.4 cm³/mol. The van der Waals surface area contributed by atoms with E-state index in [0.717, 1.165) is 0 Å². The second kappa shape index (κ2) is 5.47. The average molecular weight is 286 g/mol. The van der Waals surface area contributed by atoms with E-state index in [2.05, 4.69) is 29.6 Å². The lowest BCUT2D eigenvalue weighted by Gasteiger charge is -2.06. The van der Waals surface area contributed by atoms with E-state index in [9.17, 15) is 8.42 Å². The number of hydrogen-bond acceptors (Lipinski definition) is 7. The number of nitrogens with zero attached hydrogens (tertiary/aromatic N) is 3. The molecule has 2 heterocycles. The Morgan fingerprint density at radius 1 is 1.53 bits per heavy atom. The third kappa shape index (κ3) is 2.97. The van der Waals surface area contributed by atoms with Gasteiger partial charge in [0.2, 0.25) is 16.4 Å². The summed E-state index contributed by atoms with van der Waals surface area (Å²) in [6.07, 6.45) is 1.53. The molecule has 2 aromatic rings. The van der Waals surface area contributed by atoms with Gasteiger partial charge < -0.3 is 10.3 Å². The molecule has 0 aromatic carbocycles. The Labute approximate surface area is 109 Å². The van der Waals surface area contributed by atoms with Gasteiger partial charge >= 0.3 is 0 Å². The summed E-state index contributed by atoms with van der Waals surface area (Å²) in [6, 6.07) is 0. The molecule has 4 N–H and O–H groups in total. The molecule has 0 aliphatic carbocycles. The number of rotatable bonds is 6. The molecule has 104 valence electrons. The highest BCUT2D eigenvalue weighted by Crippen LogP contribution is 2.16. The highest BCUT2D eigenvalue weighted by Gasteiger charge is 2.23. The lowest BCUT2D eigenvalue weighted by Crippen LogP contribution is -2.27. The van der Waals surface area contributed by atoms with Crippen molar-refractivity contribution in [2.24, 2.45) is 5.73 Å². The van der Waals surface area contributed by atoms with Crippen LogP contribution in [-0.2, 0) is 23.0 Å². The van der Waals surface area contributed by atoms with Crippen molar-refractivity contribution in [1.29, 1.82) is 0 Å². The summed E-state index contributed by atoms with van der Waals surface area (Å²) < 4.78 is 31.3. The maximum Gasteiger partial charge on any atom is 0.244 e. The number of nitrogens with one attached hydrogen (secondary N) is 2. The summed E-state index contributed by atoms with van der Waals surface area (Å²) in [4.78, 5) is 3.90. The van der Waals surface area contributed by atoms with Gasteiger partial charge in [-0.25, -0.2) is 13.1 Å². The van der Waals surface area contributed by atoms with Crippen LogP contribution in [0.1, 0.15) is 17.2 Å². The van der Waals surface area contributed by atoms with Gasteiger partial charge in [-0.3, -0.25) is 5.10 Å². The van der Waals surface area contributed by atoms with Crippen LogP contribution in [0, 0.1) is 6.92 Å². The quantitative estimate of drug-likeness (QED) is 0.623. The molecule has 19 heavy (non-hydrogen) atoms. The van der Waals surface area contributed by atoms with Gasteiger partial charge in [0, 0.05) is 19.5 Å². The van der Waals surface area contributed by atoms with E-state index >= 15 is 0 Å². The third-order valence-corrected chi connectivity index (χ3v) is 4.13. The fourth-order valence-corrected chi connectivity index (χ4v) is 3.04. The Hall–Kier alpha value is -1.78. The summed E-state index contributed by atoms with van der Waals surface area (Å²) in [5.41, 5.74) is 6.22. The standard InChI is InChI=1S/C9H14N6O3S/c1-6-9(7(4-10)14-13-6)19(16,17)12-3-2-8-11-5-18-15-8/h5,12H,2-4,10H2,1H3,(H,13,14). The second-order valence-electron chi connectivity index (χ2n) is 3.82. The first kappa shape index (κ1) is 13.6. The minimum Gasteiger partial charge on any atom is -0.343 e.